The second-order valence-corrected chi connectivity index (χ2v) is 9.46. The fraction of sp³-hybridized carbons (Fsp3) is 0.217. The van der Waals surface area contributed by atoms with Gasteiger partial charge in [0.05, 0.1) is 21.0 Å². The van der Waals surface area contributed by atoms with Crippen LogP contribution < -0.4 is 5.73 Å². The highest BCUT2D eigenvalue weighted by Crippen LogP contribution is 2.50. The Bertz CT molecular complexity index is 1430. The molecule has 0 saturated carbocycles. The van der Waals surface area contributed by atoms with Gasteiger partial charge in [-0.15, -0.1) is 0 Å². The number of anilines is 1. The van der Waals surface area contributed by atoms with Gasteiger partial charge in [0.2, 0.25) is 9.84 Å². The summed E-state index contributed by atoms with van der Waals surface area (Å²) >= 11 is 0. The fourth-order valence-electron chi connectivity index (χ4n) is 3.16. The van der Waals surface area contributed by atoms with Crippen LogP contribution in [0.2, 0.25) is 0 Å². The van der Waals surface area contributed by atoms with Crippen LogP contribution in [0.3, 0.4) is 0 Å². The molecule has 2 aromatic heterocycles. The number of methoxy groups -OCH3 is 1. The van der Waals surface area contributed by atoms with Gasteiger partial charge in [-0.2, -0.15) is 26.3 Å². The first-order chi connectivity index (χ1) is 17.1. The molecule has 3 rings (SSSR count). The van der Waals surface area contributed by atoms with Crippen LogP contribution in [0.5, 0.6) is 0 Å². The van der Waals surface area contributed by atoms with Crippen molar-refractivity contribution in [2.45, 2.75) is 27.7 Å². The lowest BCUT2D eigenvalue weighted by atomic mass is 9.91. The van der Waals surface area contributed by atoms with Crippen LogP contribution in [0.25, 0.3) is 11.3 Å². The number of hydrogen-bond donors (Lipinski definition) is 2. The molecule has 0 bridgehead atoms. The first kappa shape index (κ1) is 27.9. The average Bonchev–Trinajstić information content (AvgIpc) is 2.82. The number of alkyl halides is 6. The number of halogens is 6. The molecule has 0 aliphatic carbocycles. The summed E-state index contributed by atoms with van der Waals surface area (Å²) in [4.78, 5) is 7.11. The number of ether oxygens (including phenoxy) is 1. The minimum atomic E-state index is -6.11. The lowest BCUT2D eigenvalue weighted by Gasteiger charge is -2.32. The maximum Gasteiger partial charge on any atom is 0.430 e. The summed E-state index contributed by atoms with van der Waals surface area (Å²) in [7, 11) is -2.74. The fourth-order valence-corrected chi connectivity index (χ4v) is 4.36. The van der Waals surface area contributed by atoms with Crippen molar-refractivity contribution in [2.75, 3.05) is 19.5 Å². The van der Waals surface area contributed by atoms with Gasteiger partial charge in [-0.3, -0.25) is 4.98 Å². The Kier molecular flexibility index (Phi) is 7.54. The first-order valence-electron chi connectivity index (χ1n) is 10.0. The van der Waals surface area contributed by atoms with Crippen LogP contribution in [0.1, 0.15) is 11.1 Å². The molecule has 196 valence electrons. The van der Waals surface area contributed by atoms with E-state index >= 15 is 0 Å². The van der Waals surface area contributed by atoms with Crippen molar-refractivity contribution in [3.63, 3.8) is 0 Å². The van der Waals surface area contributed by atoms with Gasteiger partial charge in [0, 0.05) is 30.6 Å². The summed E-state index contributed by atoms with van der Waals surface area (Å²) in [6, 6.07) is 7.81. The Labute approximate surface area is 206 Å². The number of hydrogen-bond acceptors (Lipinski definition) is 7. The molecule has 3 aromatic rings. The van der Waals surface area contributed by atoms with Gasteiger partial charge in [-0.05, 0) is 30.3 Å². The number of pyridine rings is 2. The molecular weight excluding hydrogens is 528 g/mol. The van der Waals surface area contributed by atoms with Gasteiger partial charge < -0.3 is 15.6 Å². The van der Waals surface area contributed by atoms with Gasteiger partial charge in [-0.1, -0.05) is 24.0 Å². The maximum absolute atomic E-state index is 13.3. The van der Waals surface area contributed by atoms with Crippen molar-refractivity contribution in [3.05, 3.63) is 66.0 Å². The van der Waals surface area contributed by atoms with Gasteiger partial charge in [0.15, 0.2) is 0 Å². The molecule has 0 aliphatic rings. The predicted octanol–water partition coefficient (Wildman–Crippen LogP) is 3.87. The van der Waals surface area contributed by atoms with Crippen molar-refractivity contribution in [2.24, 2.45) is 0 Å². The van der Waals surface area contributed by atoms with Crippen molar-refractivity contribution in [3.8, 4) is 23.1 Å². The van der Waals surface area contributed by atoms with E-state index in [9.17, 15) is 39.9 Å². The number of nitrogens with zero attached hydrogens (tertiary/aromatic N) is 2. The molecule has 0 aliphatic heterocycles. The summed E-state index contributed by atoms with van der Waals surface area (Å²) in [5, 5.41) is 9.72. The Morgan fingerprint density at radius 1 is 0.946 bits per heavy atom. The molecule has 14 heteroatoms. The van der Waals surface area contributed by atoms with E-state index in [-0.39, 0.29) is 45.2 Å². The van der Waals surface area contributed by atoms with Crippen molar-refractivity contribution < 1.29 is 44.6 Å². The van der Waals surface area contributed by atoms with Crippen LogP contribution in [0.4, 0.5) is 32.2 Å². The number of aromatic nitrogens is 2. The van der Waals surface area contributed by atoms with Crippen LogP contribution in [-0.4, -0.2) is 49.6 Å². The molecule has 0 atom stereocenters. The lowest BCUT2D eigenvalue weighted by Crippen LogP contribution is -2.54. The van der Waals surface area contributed by atoms with Crippen LogP contribution in [0.15, 0.2) is 64.6 Å². The Morgan fingerprint density at radius 3 is 2.05 bits per heavy atom. The number of aliphatic hydroxyl groups is 1. The van der Waals surface area contributed by atoms with Crippen molar-refractivity contribution >= 4 is 15.7 Å². The number of benzene rings is 1. The Morgan fingerprint density at radius 2 is 1.54 bits per heavy atom. The summed E-state index contributed by atoms with van der Waals surface area (Å²) in [5.74, 6) is 4.90. The molecule has 2 heterocycles. The van der Waals surface area contributed by atoms with Gasteiger partial charge >= 0.3 is 12.4 Å². The molecular formula is C23H17F6N3O4S. The zero-order valence-corrected chi connectivity index (χ0v) is 19.5. The topological polar surface area (TPSA) is 115 Å². The largest absolute Gasteiger partial charge is 0.430 e. The summed E-state index contributed by atoms with van der Waals surface area (Å²) in [6.45, 7) is -0.209. The first-order valence-corrected chi connectivity index (χ1v) is 11.5. The van der Waals surface area contributed by atoms with Crippen LogP contribution in [-0.2, 0) is 20.2 Å². The highest BCUT2D eigenvalue weighted by molar-refractivity contribution is 7.91. The van der Waals surface area contributed by atoms with E-state index < -0.39 is 33.4 Å². The average molecular weight is 545 g/mol. The van der Waals surface area contributed by atoms with E-state index in [1.54, 1.807) is 0 Å². The van der Waals surface area contributed by atoms with Crippen molar-refractivity contribution in [1.29, 1.82) is 0 Å². The second-order valence-electron chi connectivity index (χ2n) is 7.51. The molecule has 0 spiro atoms. The van der Waals surface area contributed by atoms with E-state index in [1.807, 2.05) is 0 Å². The lowest BCUT2D eigenvalue weighted by molar-refractivity contribution is -0.376. The highest BCUT2D eigenvalue weighted by atomic mass is 32.2. The van der Waals surface area contributed by atoms with Gasteiger partial charge in [0.1, 0.15) is 12.4 Å². The zero-order valence-electron chi connectivity index (χ0n) is 18.7. The highest BCUT2D eigenvalue weighted by Gasteiger charge is 2.71. The zero-order chi connectivity index (χ0) is 27.6. The molecule has 0 radical (unpaired) electrons. The monoisotopic (exact) mass is 545 g/mol. The normalized spacial score (nSPS) is 12.6. The molecule has 1 aromatic carbocycles. The van der Waals surface area contributed by atoms with Crippen LogP contribution >= 0.6 is 0 Å². The second kappa shape index (κ2) is 10.0. The summed E-state index contributed by atoms with van der Waals surface area (Å²) < 4.78 is 110. The molecule has 0 amide bonds. The molecule has 0 unspecified atom stereocenters. The van der Waals surface area contributed by atoms with E-state index in [0.717, 1.165) is 6.20 Å². The van der Waals surface area contributed by atoms with E-state index in [1.165, 1.54) is 43.5 Å². The standard InChI is InChI=1S/C23H17F6N3O4S/c1-36-10-2-3-15-11-16(21(33,22(24,25)26)23(27,28)29)12-32-20(15)14-4-6-17(7-5-14)37(34,35)18-8-9-19(30)31-13-18/h4-9,11-13,33H,10H2,1H3,(H2,30,31). The third kappa shape index (κ3) is 5.38. The number of nitrogens with two attached hydrogens (primary N) is 1. The number of nitrogen functional groups attached to an aromatic ring is 1. The molecule has 0 saturated heterocycles. The number of rotatable bonds is 5. The number of sulfone groups is 1. The predicted molar refractivity (Wildman–Crippen MR) is 119 cm³/mol. The molecule has 7 nitrogen and oxygen atoms in total. The Hall–Kier alpha value is -3.67. The molecule has 3 N–H and O–H groups in total. The van der Waals surface area contributed by atoms with E-state index in [2.05, 4.69) is 21.8 Å². The van der Waals surface area contributed by atoms with Gasteiger partial charge in [-0.25, -0.2) is 13.4 Å². The minimum absolute atomic E-state index is 0.105. The smallest absolute Gasteiger partial charge is 0.384 e. The summed E-state index contributed by atoms with van der Waals surface area (Å²) in [6.07, 6.45) is -10.9. The quantitative estimate of drug-likeness (QED) is 0.370. The van der Waals surface area contributed by atoms with Crippen molar-refractivity contribution in [1.82, 2.24) is 9.97 Å². The third-order valence-corrected chi connectivity index (χ3v) is 6.83. The molecule has 37 heavy (non-hydrogen) atoms. The SMILES string of the molecule is COCC#Cc1cc(C(O)(C(F)(F)F)C(F)(F)F)cnc1-c1ccc(S(=O)(=O)c2ccc(N)nc2)cc1. The van der Waals surface area contributed by atoms with E-state index in [0.29, 0.717) is 6.07 Å². The van der Waals surface area contributed by atoms with Crippen LogP contribution in [0, 0.1) is 11.8 Å². The van der Waals surface area contributed by atoms with E-state index in [4.69, 9.17) is 10.5 Å². The third-order valence-electron chi connectivity index (χ3n) is 5.07. The maximum atomic E-state index is 13.3. The Balaban J connectivity index is 2.12. The molecule has 0 fully saturated rings. The summed E-state index contributed by atoms with van der Waals surface area (Å²) in [5.41, 5.74) is -1.74. The minimum Gasteiger partial charge on any atom is -0.384 e. The van der Waals surface area contributed by atoms with Gasteiger partial charge in [0.25, 0.3) is 5.60 Å².